The van der Waals surface area contributed by atoms with Crippen LogP contribution in [0.15, 0.2) is 62.7 Å². The zero-order valence-electron chi connectivity index (χ0n) is 13.8. The van der Waals surface area contributed by atoms with Gasteiger partial charge in [0, 0.05) is 5.02 Å². The molecule has 0 saturated carbocycles. The number of carbonyl (C=O) groups is 1. The van der Waals surface area contributed by atoms with Crippen LogP contribution >= 0.6 is 11.6 Å². The standard InChI is InChI=1S/C16H13ClN4O5S/c1-9-14(16(23)21(20-9)11-5-3-2-4-6-11)19-18-12-7-10(17)8-13(15(12)22)27(24,25)26/h2-8,14,22H,1H3,(H,24,25,26)/t14-/m0/s1. The highest BCUT2D eigenvalue weighted by atomic mass is 35.5. The summed E-state index contributed by atoms with van der Waals surface area (Å²) in [6.45, 7) is 1.59. The summed E-state index contributed by atoms with van der Waals surface area (Å²) in [5, 5.41) is 22.8. The molecule has 0 bridgehead atoms. The van der Waals surface area contributed by atoms with E-state index >= 15 is 0 Å². The fraction of sp³-hybridized carbons (Fsp3) is 0.125. The summed E-state index contributed by atoms with van der Waals surface area (Å²) in [5.41, 5.74) is 0.608. The average Bonchev–Trinajstić information content (AvgIpc) is 2.89. The molecule has 27 heavy (non-hydrogen) atoms. The molecule has 2 N–H and O–H groups in total. The number of rotatable bonds is 4. The molecular formula is C16H13ClN4O5S. The number of amides is 1. The van der Waals surface area contributed by atoms with Crippen molar-refractivity contribution in [3.05, 3.63) is 47.5 Å². The average molecular weight is 409 g/mol. The summed E-state index contributed by atoms with van der Waals surface area (Å²) in [4.78, 5) is 11.7. The Balaban J connectivity index is 1.93. The number of azo groups is 1. The van der Waals surface area contributed by atoms with Crippen LogP contribution in [0.25, 0.3) is 0 Å². The second-order valence-corrected chi connectivity index (χ2v) is 7.42. The van der Waals surface area contributed by atoms with Gasteiger partial charge in [-0.25, -0.2) is 0 Å². The molecule has 1 aliphatic heterocycles. The maximum absolute atomic E-state index is 12.5. The number of phenols is 1. The molecule has 0 unspecified atom stereocenters. The van der Waals surface area contributed by atoms with E-state index in [1.54, 1.807) is 37.3 Å². The van der Waals surface area contributed by atoms with Crippen LogP contribution in [0.5, 0.6) is 5.75 Å². The number of para-hydroxylation sites is 1. The molecule has 2 aromatic carbocycles. The molecule has 140 valence electrons. The zero-order chi connectivity index (χ0) is 19.8. The van der Waals surface area contributed by atoms with E-state index in [0.29, 0.717) is 11.4 Å². The first kappa shape index (κ1) is 19.0. The van der Waals surface area contributed by atoms with Gasteiger partial charge >= 0.3 is 0 Å². The van der Waals surface area contributed by atoms with Crippen molar-refractivity contribution in [2.45, 2.75) is 17.9 Å². The molecule has 11 heteroatoms. The van der Waals surface area contributed by atoms with Gasteiger partial charge in [-0.05, 0) is 31.2 Å². The number of hydrogen-bond donors (Lipinski definition) is 2. The topological polar surface area (TPSA) is 132 Å². The third kappa shape index (κ3) is 3.82. The van der Waals surface area contributed by atoms with E-state index in [1.807, 2.05) is 0 Å². The van der Waals surface area contributed by atoms with Gasteiger partial charge in [0.1, 0.15) is 10.6 Å². The Bertz CT molecular complexity index is 1070. The zero-order valence-corrected chi connectivity index (χ0v) is 15.4. The van der Waals surface area contributed by atoms with Crippen LogP contribution in [0, 0.1) is 0 Å². The third-order valence-electron chi connectivity index (χ3n) is 3.68. The third-order valence-corrected chi connectivity index (χ3v) is 4.76. The van der Waals surface area contributed by atoms with Crippen LogP contribution in [0.1, 0.15) is 6.92 Å². The Morgan fingerprint density at radius 2 is 1.89 bits per heavy atom. The lowest BCUT2D eigenvalue weighted by Gasteiger charge is -2.12. The number of hydrogen-bond acceptors (Lipinski definition) is 7. The molecule has 0 saturated heterocycles. The summed E-state index contributed by atoms with van der Waals surface area (Å²) >= 11 is 5.80. The molecule has 1 atom stereocenters. The van der Waals surface area contributed by atoms with E-state index in [0.717, 1.165) is 12.1 Å². The van der Waals surface area contributed by atoms with Crippen LogP contribution in [0.4, 0.5) is 11.4 Å². The lowest BCUT2D eigenvalue weighted by Crippen LogP contribution is -2.29. The molecular weight excluding hydrogens is 396 g/mol. The smallest absolute Gasteiger partial charge is 0.298 e. The predicted molar refractivity (Wildman–Crippen MR) is 98.3 cm³/mol. The van der Waals surface area contributed by atoms with Crippen LogP contribution in [0.2, 0.25) is 5.02 Å². The van der Waals surface area contributed by atoms with Crippen molar-refractivity contribution in [2.75, 3.05) is 5.01 Å². The monoisotopic (exact) mass is 408 g/mol. The van der Waals surface area contributed by atoms with Gasteiger partial charge in [-0.3, -0.25) is 9.35 Å². The molecule has 0 radical (unpaired) electrons. The van der Waals surface area contributed by atoms with Crippen LogP contribution < -0.4 is 5.01 Å². The Morgan fingerprint density at radius 1 is 1.22 bits per heavy atom. The molecule has 0 spiro atoms. The van der Waals surface area contributed by atoms with Gasteiger partial charge in [0.05, 0.1) is 11.4 Å². The van der Waals surface area contributed by atoms with E-state index < -0.39 is 32.7 Å². The van der Waals surface area contributed by atoms with E-state index in [4.69, 9.17) is 16.2 Å². The minimum Gasteiger partial charge on any atom is -0.504 e. The highest BCUT2D eigenvalue weighted by Gasteiger charge is 2.34. The van der Waals surface area contributed by atoms with E-state index in [1.165, 1.54) is 5.01 Å². The number of carbonyl (C=O) groups excluding carboxylic acids is 1. The van der Waals surface area contributed by atoms with E-state index in [-0.39, 0.29) is 10.7 Å². The van der Waals surface area contributed by atoms with Crippen molar-refractivity contribution in [3.63, 3.8) is 0 Å². The molecule has 0 aliphatic carbocycles. The number of anilines is 1. The lowest BCUT2D eigenvalue weighted by atomic mass is 10.2. The maximum Gasteiger partial charge on any atom is 0.298 e. The highest BCUT2D eigenvalue weighted by Crippen LogP contribution is 2.37. The van der Waals surface area contributed by atoms with Crippen molar-refractivity contribution in [3.8, 4) is 5.75 Å². The van der Waals surface area contributed by atoms with Crippen molar-refractivity contribution in [1.82, 2.24) is 0 Å². The fourth-order valence-corrected chi connectivity index (χ4v) is 3.30. The molecule has 1 aliphatic rings. The maximum atomic E-state index is 12.5. The van der Waals surface area contributed by atoms with Gasteiger partial charge < -0.3 is 5.11 Å². The van der Waals surface area contributed by atoms with Crippen LogP contribution in [-0.4, -0.2) is 35.7 Å². The quantitative estimate of drug-likeness (QED) is 0.592. The minimum atomic E-state index is -4.72. The van der Waals surface area contributed by atoms with Crippen molar-refractivity contribution < 1.29 is 22.9 Å². The van der Waals surface area contributed by atoms with Crippen molar-refractivity contribution in [2.24, 2.45) is 15.3 Å². The van der Waals surface area contributed by atoms with Gasteiger partial charge in [0.25, 0.3) is 16.0 Å². The van der Waals surface area contributed by atoms with Crippen LogP contribution in [-0.2, 0) is 14.9 Å². The highest BCUT2D eigenvalue weighted by molar-refractivity contribution is 7.86. The number of halogens is 1. The van der Waals surface area contributed by atoms with Gasteiger partial charge in [0.15, 0.2) is 11.8 Å². The van der Waals surface area contributed by atoms with Gasteiger partial charge in [-0.2, -0.15) is 28.8 Å². The molecule has 2 aromatic rings. The van der Waals surface area contributed by atoms with Crippen molar-refractivity contribution in [1.29, 1.82) is 0 Å². The summed E-state index contributed by atoms with van der Waals surface area (Å²) in [5.74, 6) is -1.29. The Hall–Kier alpha value is -2.82. The number of aromatic hydroxyl groups is 1. The number of benzene rings is 2. The second kappa shape index (κ2) is 7.06. The van der Waals surface area contributed by atoms with E-state index in [9.17, 15) is 18.3 Å². The van der Waals surface area contributed by atoms with Crippen molar-refractivity contribution >= 4 is 44.7 Å². The summed E-state index contributed by atoms with van der Waals surface area (Å²) in [6.07, 6.45) is 0. The van der Waals surface area contributed by atoms with E-state index in [2.05, 4.69) is 15.3 Å². The number of nitrogens with zero attached hydrogens (tertiary/aromatic N) is 4. The Kier molecular flexibility index (Phi) is 4.96. The first-order chi connectivity index (χ1) is 12.7. The first-order valence-corrected chi connectivity index (χ1v) is 9.35. The number of phenolic OH excluding ortho intramolecular Hbond substituents is 1. The van der Waals surface area contributed by atoms with Crippen LogP contribution in [0.3, 0.4) is 0 Å². The molecule has 1 amide bonds. The summed E-state index contributed by atoms with van der Waals surface area (Å²) in [7, 11) is -4.72. The molecule has 1 heterocycles. The first-order valence-electron chi connectivity index (χ1n) is 7.53. The SMILES string of the molecule is CC1=NN(c2ccccc2)C(=O)[C@H]1N=Nc1cc(Cl)cc(S(=O)(=O)O)c1O. The number of hydrazone groups is 1. The predicted octanol–water partition coefficient (Wildman–Crippen LogP) is 3.17. The minimum absolute atomic E-state index is 0.0941. The molecule has 0 aromatic heterocycles. The Labute approximate surface area is 159 Å². The molecule has 9 nitrogen and oxygen atoms in total. The molecule has 3 rings (SSSR count). The largest absolute Gasteiger partial charge is 0.504 e. The lowest BCUT2D eigenvalue weighted by molar-refractivity contribution is -0.117. The summed E-state index contributed by atoms with van der Waals surface area (Å²) < 4.78 is 31.8. The summed E-state index contributed by atoms with van der Waals surface area (Å²) in [6, 6.07) is 9.69. The van der Waals surface area contributed by atoms with Gasteiger partial charge in [-0.1, -0.05) is 29.8 Å². The normalized spacial score (nSPS) is 17.6. The van der Waals surface area contributed by atoms with Gasteiger partial charge in [0.2, 0.25) is 0 Å². The fourth-order valence-electron chi connectivity index (χ4n) is 2.40. The second-order valence-electron chi connectivity index (χ2n) is 5.59. The van der Waals surface area contributed by atoms with Gasteiger partial charge in [-0.15, -0.1) is 0 Å². The Morgan fingerprint density at radius 3 is 2.52 bits per heavy atom. The molecule has 0 fully saturated rings.